The van der Waals surface area contributed by atoms with Crippen molar-refractivity contribution >= 4 is 11.6 Å². The molecular formula is C19H19N5O4. The average Bonchev–Trinajstić information content (AvgIpc) is 3.09. The minimum atomic E-state index is -0.501. The molecule has 0 fully saturated rings. The number of non-ortho nitro benzene ring substituents is 1. The molecule has 1 heterocycles. The van der Waals surface area contributed by atoms with Gasteiger partial charge in [-0.3, -0.25) is 14.9 Å². The van der Waals surface area contributed by atoms with Crippen LogP contribution in [0.2, 0.25) is 0 Å². The van der Waals surface area contributed by atoms with Crippen LogP contribution >= 0.6 is 0 Å². The highest BCUT2D eigenvalue weighted by Gasteiger charge is 2.21. The molecule has 2 N–H and O–H groups in total. The molecule has 1 amide bonds. The Hall–Kier alpha value is -3.59. The van der Waals surface area contributed by atoms with Gasteiger partial charge in [-0.15, -0.1) is 5.10 Å². The molecular weight excluding hydrogens is 362 g/mol. The molecule has 2 aromatic carbocycles. The van der Waals surface area contributed by atoms with Gasteiger partial charge in [0.15, 0.2) is 5.69 Å². The monoisotopic (exact) mass is 381 g/mol. The number of hydrogen-bond acceptors (Lipinski definition) is 6. The molecule has 0 aliphatic carbocycles. The third kappa shape index (κ3) is 4.21. The van der Waals surface area contributed by atoms with Crippen LogP contribution in [0.15, 0.2) is 54.6 Å². The van der Waals surface area contributed by atoms with E-state index in [9.17, 15) is 20.0 Å². The van der Waals surface area contributed by atoms with Gasteiger partial charge in [-0.1, -0.05) is 41.6 Å². The van der Waals surface area contributed by atoms with Crippen molar-refractivity contribution in [1.82, 2.24) is 20.3 Å². The van der Waals surface area contributed by atoms with Crippen LogP contribution in [0.1, 0.15) is 21.7 Å². The lowest BCUT2D eigenvalue weighted by Gasteiger charge is -2.15. The van der Waals surface area contributed by atoms with E-state index in [0.717, 1.165) is 5.56 Å². The van der Waals surface area contributed by atoms with E-state index in [4.69, 9.17) is 0 Å². The summed E-state index contributed by atoms with van der Waals surface area (Å²) in [5.74, 6) is -0.468. The van der Waals surface area contributed by atoms with Gasteiger partial charge < -0.3 is 10.4 Å². The Morgan fingerprint density at radius 3 is 2.68 bits per heavy atom. The maximum absolute atomic E-state index is 12.6. The van der Waals surface area contributed by atoms with Gasteiger partial charge in [-0.2, -0.15) is 0 Å². The van der Waals surface area contributed by atoms with Crippen molar-refractivity contribution in [2.45, 2.75) is 19.4 Å². The van der Waals surface area contributed by atoms with Crippen LogP contribution in [0.5, 0.6) is 0 Å². The normalized spacial score (nSPS) is 11.8. The topological polar surface area (TPSA) is 123 Å². The number of aliphatic hydroxyl groups is 1. The number of nitrogens with zero attached hydrogens (tertiary/aromatic N) is 4. The molecule has 144 valence electrons. The molecule has 3 aromatic rings. The summed E-state index contributed by atoms with van der Waals surface area (Å²) in [6, 6.07) is 14.9. The molecule has 9 heteroatoms. The molecule has 0 saturated carbocycles. The summed E-state index contributed by atoms with van der Waals surface area (Å²) in [4.78, 5) is 23.1. The molecule has 9 nitrogen and oxygen atoms in total. The SMILES string of the molecule is Cc1c(C(=O)N[C@H](CO)Cc2ccccc2)nnn1-c1cccc([N+](=O)[O-])c1. The van der Waals surface area contributed by atoms with E-state index < -0.39 is 16.9 Å². The first kappa shape index (κ1) is 19.2. The van der Waals surface area contributed by atoms with Crippen molar-refractivity contribution in [2.24, 2.45) is 0 Å². The van der Waals surface area contributed by atoms with Crippen LogP contribution < -0.4 is 5.32 Å². The summed E-state index contributed by atoms with van der Waals surface area (Å²) < 4.78 is 1.37. The van der Waals surface area contributed by atoms with E-state index in [2.05, 4.69) is 15.6 Å². The number of amides is 1. The maximum Gasteiger partial charge on any atom is 0.274 e. The zero-order valence-corrected chi connectivity index (χ0v) is 15.1. The highest BCUT2D eigenvalue weighted by atomic mass is 16.6. The third-order valence-corrected chi connectivity index (χ3v) is 4.28. The Morgan fingerprint density at radius 2 is 2.00 bits per heavy atom. The lowest BCUT2D eigenvalue weighted by molar-refractivity contribution is -0.384. The third-order valence-electron chi connectivity index (χ3n) is 4.28. The van der Waals surface area contributed by atoms with Crippen molar-refractivity contribution in [3.05, 3.63) is 81.7 Å². The number of nitro groups is 1. The Morgan fingerprint density at radius 1 is 1.25 bits per heavy atom. The quantitative estimate of drug-likeness (QED) is 0.475. The average molecular weight is 381 g/mol. The first-order chi connectivity index (χ1) is 13.5. The number of benzene rings is 2. The molecule has 0 aliphatic rings. The van der Waals surface area contributed by atoms with E-state index in [-0.39, 0.29) is 18.0 Å². The molecule has 0 spiro atoms. The van der Waals surface area contributed by atoms with Crippen molar-refractivity contribution in [3.63, 3.8) is 0 Å². The van der Waals surface area contributed by atoms with Crippen LogP contribution in [0, 0.1) is 17.0 Å². The Bertz CT molecular complexity index is 987. The van der Waals surface area contributed by atoms with Crippen LogP contribution in [0.4, 0.5) is 5.69 Å². The number of carbonyl (C=O) groups excluding carboxylic acids is 1. The standard InChI is InChI=1S/C19H19N5O4/c1-13-18(19(26)20-15(12-25)10-14-6-3-2-4-7-14)21-22-23(13)16-8-5-9-17(11-16)24(27)28/h2-9,11,15,25H,10,12H2,1H3,(H,20,26)/t15-/m0/s1. The number of rotatable bonds is 7. The lowest BCUT2D eigenvalue weighted by Crippen LogP contribution is -2.39. The minimum absolute atomic E-state index is 0.0818. The molecule has 0 bridgehead atoms. The lowest BCUT2D eigenvalue weighted by atomic mass is 10.1. The van der Waals surface area contributed by atoms with Gasteiger partial charge in [-0.05, 0) is 25.0 Å². The highest BCUT2D eigenvalue weighted by Crippen LogP contribution is 2.18. The van der Waals surface area contributed by atoms with Crippen molar-refractivity contribution < 1.29 is 14.8 Å². The summed E-state index contributed by atoms with van der Waals surface area (Å²) in [5, 5.41) is 31.2. The van der Waals surface area contributed by atoms with Crippen LogP contribution in [-0.4, -0.2) is 43.6 Å². The van der Waals surface area contributed by atoms with Crippen LogP contribution in [0.25, 0.3) is 5.69 Å². The number of carbonyl (C=O) groups is 1. The van der Waals surface area contributed by atoms with Gasteiger partial charge in [0.1, 0.15) is 0 Å². The Kier molecular flexibility index (Phi) is 5.75. The molecule has 1 aromatic heterocycles. The molecule has 0 unspecified atom stereocenters. The fourth-order valence-corrected chi connectivity index (χ4v) is 2.84. The van der Waals surface area contributed by atoms with Crippen LogP contribution in [-0.2, 0) is 6.42 Å². The number of nitrogens with one attached hydrogen (secondary N) is 1. The van der Waals surface area contributed by atoms with Gasteiger partial charge in [0.2, 0.25) is 0 Å². The molecule has 0 radical (unpaired) electrons. The highest BCUT2D eigenvalue weighted by molar-refractivity contribution is 5.93. The first-order valence-electron chi connectivity index (χ1n) is 8.62. The summed E-state index contributed by atoms with van der Waals surface area (Å²) in [6.07, 6.45) is 0.473. The number of hydrogen-bond donors (Lipinski definition) is 2. The smallest absolute Gasteiger partial charge is 0.274 e. The second kappa shape index (κ2) is 8.40. The summed E-state index contributed by atoms with van der Waals surface area (Å²) in [5.41, 5.74) is 1.87. The maximum atomic E-state index is 12.6. The number of nitro benzene ring substituents is 1. The van der Waals surface area contributed by atoms with E-state index in [1.807, 2.05) is 30.3 Å². The van der Waals surface area contributed by atoms with Crippen molar-refractivity contribution in [2.75, 3.05) is 6.61 Å². The first-order valence-corrected chi connectivity index (χ1v) is 8.62. The van der Waals surface area contributed by atoms with Crippen LogP contribution in [0.3, 0.4) is 0 Å². The molecule has 3 rings (SSSR count). The van der Waals surface area contributed by atoms with Gasteiger partial charge >= 0.3 is 0 Å². The zero-order valence-electron chi connectivity index (χ0n) is 15.1. The molecule has 28 heavy (non-hydrogen) atoms. The second-order valence-corrected chi connectivity index (χ2v) is 6.25. The second-order valence-electron chi connectivity index (χ2n) is 6.25. The predicted octanol–water partition coefficient (Wildman–Crippen LogP) is 1.82. The van der Waals surface area contributed by atoms with E-state index in [0.29, 0.717) is 17.8 Å². The summed E-state index contributed by atoms with van der Waals surface area (Å²) >= 11 is 0. The van der Waals surface area contributed by atoms with Gasteiger partial charge in [0, 0.05) is 12.1 Å². The van der Waals surface area contributed by atoms with E-state index >= 15 is 0 Å². The van der Waals surface area contributed by atoms with Gasteiger partial charge in [-0.25, -0.2) is 4.68 Å². The fraction of sp³-hybridized carbons (Fsp3) is 0.211. The van der Waals surface area contributed by atoms with Gasteiger partial charge in [0.05, 0.1) is 29.0 Å². The van der Waals surface area contributed by atoms with E-state index in [1.165, 1.54) is 22.9 Å². The number of aliphatic hydroxyl groups excluding tert-OH is 1. The minimum Gasteiger partial charge on any atom is -0.394 e. The largest absolute Gasteiger partial charge is 0.394 e. The Balaban J connectivity index is 1.78. The zero-order chi connectivity index (χ0) is 20.1. The molecule has 1 atom stereocenters. The molecule has 0 saturated heterocycles. The fourth-order valence-electron chi connectivity index (χ4n) is 2.84. The predicted molar refractivity (Wildman–Crippen MR) is 101 cm³/mol. The van der Waals surface area contributed by atoms with Crippen molar-refractivity contribution in [3.8, 4) is 5.69 Å². The number of aromatic nitrogens is 3. The Labute approximate surface area is 160 Å². The summed E-state index contributed by atoms with van der Waals surface area (Å²) in [7, 11) is 0. The van der Waals surface area contributed by atoms with Crippen molar-refractivity contribution in [1.29, 1.82) is 0 Å². The molecule has 0 aliphatic heterocycles. The van der Waals surface area contributed by atoms with E-state index in [1.54, 1.807) is 13.0 Å². The summed E-state index contributed by atoms with van der Waals surface area (Å²) in [6.45, 7) is 1.43. The van der Waals surface area contributed by atoms with Gasteiger partial charge in [0.25, 0.3) is 11.6 Å².